The van der Waals surface area contributed by atoms with Crippen LogP contribution in [0.2, 0.25) is 0 Å². The van der Waals surface area contributed by atoms with Crippen LogP contribution in [-0.2, 0) is 4.79 Å². The van der Waals surface area contributed by atoms with Gasteiger partial charge in [-0.3, -0.25) is 15.1 Å². The highest BCUT2D eigenvalue weighted by Gasteiger charge is 2.31. The van der Waals surface area contributed by atoms with Crippen LogP contribution in [-0.4, -0.2) is 30.7 Å². The second-order valence-corrected chi connectivity index (χ2v) is 4.37. The van der Waals surface area contributed by atoms with Gasteiger partial charge in [0.15, 0.2) is 0 Å². The molecular formula is C14H16N4O. The van der Waals surface area contributed by atoms with E-state index in [-0.39, 0.29) is 11.7 Å². The number of likely N-dealkylation sites (N-methyl/N-ethyl adjacent to an activating group) is 1. The number of amidine groups is 1. The van der Waals surface area contributed by atoms with E-state index in [1.807, 2.05) is 30.3 Å². The fourth-order valence-electron chi connectivity index (χ4n) is 1.89. The van der Waals surface area contributed by atoms with Crippen molar-refractivity contribution >= 4 is 17.4 Å². The van der Waals surface area contributed by atoms with Crippen molar-refractivity contribution in [1.82, 2.24) is 4.90 Å². The van der Waals surface area contributed by atoms with Crippen LogP contribution in [0.4, 0.5) is 5.69 Å². The molecule has 2 rings (SSSR count). The molecule has 0 aromatic heterocycles. The monoisotopic (exact) mass is 256 g/mol. The number of anilines is 1. The molecule has 1 aromatic rings. The molecule has 98 valence electrons. The number of benzene rings is 1. The van der Waals surface area contributed by atoms with Gasteiger partial charge in [-0.05, 0) is 18.2 Å². The molecule has 0 fully saturated rings. The normalized spacial score (nSPS) is 16.7. The lowest BCUT2D eigenvalue weighted by Gasteiger charge is -2.23. The van der Waals surface area contributed by atoms with E-state index in [0.29, 0.717) is 11.3 Å². The van der Waals surface area contributed by atoms with Crippen LogP contribution in [0, 0.1) is 5.41 Å². The molecular weight excluding hydrogens is 240 g/mol. The summed E-state index contributed by atoms with van der Waals surface area (Å²) in [5.74, 6) is 0.0457. The molecule has 0 saturated heterocycles. The Morgan fingerprint density at radius 3 is 2.47 bits per heavy atom. The fraction of sp³-hybridized carbons (Fsp3) is 0.143. The number of nitrogens with one attached hydrogen (secondary N) is 1. The number of hydrogen-bond donors (Lipinski definition) is 2. The maximum atomic E-state index is 12.2. The minimum atomic E-state index is -0.162. The Labute approximate surface area is 112 Å². The van der Waals surface area contributed by atoms with E-state index in [9.17, 15) is 4.79 Å². The first-order chi connectivity index (χ1) is 9.06. The van der Waals surface area contributed by atoms with Crippen molar-refractivity contribution in [2.45, 2.75) is 0 Å². The Hall–Kier alpha value is -2.56. The van der Waals surface area contributed by atoms with E-state index in [1.54, 1.807) is 25.1 Å². The van der Waals surface area contributed by atoms with Gasteiger partial charge in [0.25, 0.3) is 5.91 Å². The van der Waals surface area contributed by atoms with E-state index >= 15 is 0 Å². The largest absolute Gasteiger partial charge is 0.404 e. The Bertz CT molecular complexity index is 572. The molecule has 5 heteroatoms. The number of hydrogen-bond acceptors (Lipinski definition) is 3. The summed E-state index contributed by atoms with van der Waals surface area (Å²) in [5, 5.41) is 8.12. The molecule has 1 amide bonds. The third-order valence-corrected chi connectivity index (χ3v) is 2.85. The quantitative estimate of drug-likeness (QED) is 0.837. The van der Waals surface area contributed by atoms with Crippen molar-refractivity contribution in [3.8, 4) is 0 Å². The Morgan fingerprint density at radius 2 is 1.95 bits per heavy atom. The molecule has 3 N–H and O–H groups in total. The van der Waals surface area contributed by atoms with Gasteiger partial charge in [0, 0.05) is 31.6 Å². The van der Waals surface area contributed by atoms with Gasteiger partial charge in [0.2, 0.25) is 0 Å². The van der Waals surface area contributed by atoms with Crippen LogP contribution in [0.25, 0.3) is 0 Å². The van der Waals surface area contributed by atoms with Crippen molar-refractivity contribution in [1.29, 1.82) is 5.41 Å². The van der Waals surface area contributed by atoms with E-state index < -0.39 is 0 Å². The molecule has 0 aliphatic carbocycles. The van der Waals surface area contributed by atoms with Gasteiger partial charge in [-0.2, -0.15) is 0 Å². The highest BCUT2D eigenvalue weighted by atomic mass is 16.2. The van der Waals surface area contributed by atoms with Crippen molar-refractivity contribution in [2.75, 3.05) is 19.0 Å². The predicted octanol–water partition coefficient (Wildman–Crippen LogP) is 1.30. The Kier molecular flexibility index (Phi) is 3.37. The number of rotatable bonds is 2. The summed E-state index contributed by atoms with van der Waals surface area (Å²) in [7, 11) is 3.36. The third-order valence-electron chi connectivity index (χ3n) is 2.85. The first-order valence-electron chi connectivity index (χ1n) is 5.85. The minimum absolute atomic E-state index is 0.162. The lowest BCUT2D eigenvalue weighted by molar-refractivity contribution is -0.124. The highest BCUT2D eigenvalue weighted by Crippen LogP contribution is 2.28. The topological polar surface area (TPSA) is 73.4 Å². The van der Waals surface area contributed by atoms with Crippen LogP contribution < -0.4 is 10.6 Å². The van der Waals surface area contributed by atoms with E-state index in [1.165, 1.54) is 11.1 Å². The van der Waals surface area contributed by atoms with Gasteiger partial charge in [0.1, 0.15) is 11.5 Å². The van der Waals surface area contributed by atoms with Crippen LogP contribution >= 0.6 is 0 Å². The molecule has 1 aromatic carbocycles. The number of amides is 1. The third kappa shape index (κ3) is 2.22. The molecule has 1 aliphatic rings. The number of nitrogens with two attached hydrogens (primary N) is 1. The molecule has 1 aliphatic heterocycles. The van der Waals surface area contributed by atoms with Crippen molar-refractivity contribution < 1.29 is 4.79 Å². The summed E-state index contributed by atoms with van der Waals surface area (Å²) in [6.07, 6.45) is 2.98. The van der Waals surface area contributed by atoms with E-state index in [0.717, 1.165) is 5.69 Å². The van der Waals surface area contributed by atoms with Crippen molar-refractivity contribution in [3.05, 3.63) is 53.9 Å². The number of carbonyl (C=O) groups is 1. The van der Waals surface area contributed by atoms with Crippen molar-refractivity contribution in [3.63, 3.8) is 0 Å². The zero-order valence-electron chi connectivity index (χ0n) is 10.9. The summed E-state index contributed by atoms with van der Waals surface area (Å²) < 4.78 is 0. The SMILES string of the molecule is CN(C)C(=O)C1=C/C(=C/N)C(=N)N1c1ccccc1. The van der Waals surface area contributed by atoms with Gasteiger partial charge in [-0.25, -0.2) is 0 Å². The van der Waals surface area contributed by atoms with Gasteiger partial charge < -0.3 is 10.6 Å². The first kappa shape index (κ1) is 12.9. The Balaban J connectivity index is 2.49. The maximum Gasteiger partial charge on any atom is 0.270 e. The zero-order valence-corrected chi connectivity index (χ0v) is 10.9. The molecule has 5 nitrogen and oxygen atoms in total. The summed E-state index contributed by atoms with van der Waals surface area (Å²) in [6.45, 7) is 0. The number of nitrogens with zero attached hydrogens (tertiary/aromatic N) is 2. The fourth-order valence-corrected chi connectivity index (χ4v) is 1.89. The Morgan fingerprint density at radius 1 is 1.32 bits per heavy atom. The standard InChI is InChI=1S/C14H16N4O/c1-17(2)14(19)12-8-10(9-15)13(16)18(12)11-6-4-3-5-7-11/h3-9,16H,15H2,1-2H3/b10-9-,16-13?. The number of carbonyl (C=O) groups excluding carboxylic acids is 1. The van der Waals surface area contributed by atoms with Crippen LogP contribution in [0.1, 0.15) is 0 Å². The molecule has 0 saturated carbocycles. The van der Waals surface area contributed by atoms with Gasteiger partial charge in [0.05, 0.1) is 0 Å². The second-order valence-electron chi connectivity index (χ2n) is 4.37. The molecule has 19 heavy (non-hydrogen) atoms. The zero-order chi connectivity index (χ0) is 14.0. The minimum Gasteiger partial charge on any atom is -0.404 e. The summed E-state index contributed by atoms with van der Waals surface area (Å²) in [4.78, 5) is 15.3. The van der Waals surface area contributed by atoms with Crippen molar-refractivity contribution in [2.24, 2.45) is 5.73 Å². The summed E-state index contributed by atoms with van der Waals surface area (Å²) >= 11 is 0. The summed E-state index contributed by atoms with van der Waals surface area (Å²) in [6, 6.07) is 9.32. The average molecular weight is 256 g/mol. The molecule has 0 bridgehead atoms. The van der Waals surface area contributed by atoms with Crippen LogP contribution in [0.5, 0.6) is 0 Å². The molecule has 0 unspecified atom stereocenters. The predicted molar refractivity (Wildman–Crippen MR) is 75.7 cm³/mol. The molecule has 1 heterocycles. The maximum absolute atomic E-state index is 12.2. The first-order valence-corrected chi connectivity index (χ1v) is 5.85. The van der Waals surface area contributed by atoms with Crippen LogP contribution in [0.15, 0.2) is 53.9 Å². The summed E-state index contributed by atoms with van der Waals surface area (Å²) in [5.41, 5.74) is 7.24. The number of para-hydroxylation sites is 1. The second kappa shape index (κ2) is 4.97. The molecule has 0 radical (unpaired) electrons. The van der Waals surface area contributed by atoms with Gasteiger partial charge in [-0.15, -0.1) is 0 Å². The molecule has 0 spiro atoms. The van der Waals surface area contributed by atoms with Crippen LogP contribution in [0.3, 0.4) is 0 Å². The molecule has 0 atom stereocenters. The van der Waals surface area contributed by atoms with E-state index in [2.05, 4.69) is 0 Å². The smallest absolute Gasteiger partial charge is 0.270 e. The van der Waals surface area contributed by atoms with Gasteiger partial charge >= 0.3 is 0 Å². The van der Waals surface area contributed by atoms with E-state index in [4.69, 9.17) is 11.1 Å². The van der Waals surface area contributed by atoms with Gasteiger partial charge in [-0.1, -0.05) is 18.2 Å². The highest BCUT2D eigenvalue weighted by molar-refractivity contribution is 6.21. The lowest BCUT2D eigenvalue weighted by atomic mass is 10.2. The lowest BCUT2D eigenvalue weighted by Crippen LogP contribution is -2.34. The average Bonchev–Trinajstić information content (AvgIpc) is 2.75.